The Balaban J connectivity index is 1.66. The minimum atomic E-state index is -0.418. The van der Waals surface area contributed by atoms with Crippen LogP contribution in [0.25, 0.3) is 0 Å². The summed E-state index contributed by atoms with van der Waals surface area (Å²) in [7, 11) is 3.00. The van der Waals surface area contributed by atoms with Gasteiger partial charge in [-0.2, -0.15) is 5.10 Å². The third kappa shape index (κ3) is 7.10. The van der Waals surface area contributed by atoms with E-state index in [2.05, 4.69) is 10.5 Å². The Bertz CT molecular complexity index is 1190. The minimum absolute atomic E-state index is 0.186. The number of amides is 1. The summed E-state index contributed by atoms with van der Waals surface area (Å²) >= 11 is 6.39. The molecule has 0 aliphatic rings. The summed E-state index contributed by atoms with van der Waals surface area (Å²) in [5.74, 6) is 1.02. The average molecular weight is 501 g/mol. The van der Waals surface area contributed by atoms with Gasteiger partial charge < -0.3 is 18.9 Å². The van der Waals surface area contributed by atoms with Crippen molar-refractivity contribution < 1.29 is 28.1 Å². The highest BCUT2D eigenvalue weighted by Gasteiger charge is 2.13. The van der Waals surface area contributed by atoms with Crippen molar-refractivity contribution in [2.45, 2.75) is 20.0 Å². The lowest BCUT2D eigenvalue weighted by Crippen LogP contribution is -2.17. The van der Waals surface area contributed by atoms with Crippen LogP contribution in [0.3, 0.4) is 0 Å². The Kier molecular flexibility index (Phi) is 9.31. The highest BCUT2D eigenvalue weighted by molar-refractivity contribution is 6.32. The smallest absolute Gasteiger partial charge is 0.271 e. The molecule has 1 N–H and O–H groups in total. The summed E-state index contributed by atoms with van der Waals surface area (Å²) in [4.78, 5) is 12.5. The second-order valence-corrected chi connectivity index (χ2v) is 7.77. The van der Waals surface area contributed by atoms with E-state index in [4.69, 9.17) is 30.5 Å². The number of benzene rings is 3. The zero-order valence-electron chi connectivity index (χ0n) is 19.6. The summed E-state index contributed by atoms with van der Waals surface area (Å²) in [6, 6.07) is 14.2. The van der Waals surface area contributed by atoms with Gasteiger partial charge in [-0.25, -0.2) is 9.82 Å². The number of hydrazone groups is 1. The van der Waals surface area contributed by atoms with Crippen molar-refractivity contribution in [1.29, 1.82) is 0 Å². The van der Waals surface area contributed by atoms with Gasteiger partial charge in [0.05, 0.1) is 32.1 Å². The van der Waals surface area contributed by atoms with Crippen LogP contribution in [0.1, 0.15) is 34.8 Å². The topological polar surface area (TPSA) is 78.4 Å². The third-order valence-electron chi connectivity index (χ3n) is 4.82. The maximum Gasteiger partial charge on any atom is 0.271 e. The fourth-order valence-corrected chi connectivity index (χ4v) is 3.33. The molecule has 3 aromatic rings. The predicted octanol–water partition coefficient (Wildman–Crippen LogP) is 5.63. The van der Waals surface area contributed by atoms with Gasteiger partial charge in [0.1, 0.15) is 12.4 Å². The first-order valence-electron chi connectivity index (χ1n) is 10.8. The molecular formula is C26H26ClFN2O5. The van der Waals surface area contributed by atoms with E-state index in [1.807, 2.05) is 6.92 Å². The normalized spacial score (nSPS) is 10.8. The molecule has 0 saturated heterocycles. The first-order chi connectivity index (χ1) is 16.9. The number of carbonyl (C=O) groups is 1. The van der Waals surface area contributed by atoms with Crippen molar-refractivity contribution in [1.82, 2.24) is 5.43 Å². The van der Waals surface area contributed by atoms with E-state index in [-0.39, 0.29) is 12.4 Å². The van der Waals surface area contributed by atoms with Gasteiger partial charge in [-0.1, -0.05) is 30.7 Å². The Hall–Kier alpha value is -3.78. The highest BCUT2D eigenvalue weighted by Crippen LogP contribution is 2.36. The first kappa shape index (κ1) is 25.8. The Morgan fingerprint density at radius 3 is 2.43 bits per heavy atom. The lowest BCUT2D eigenvalue weighted by molar-refractivity contribution is 0.0954. The van der Waals surface area contributed by atoms with Crippen LogP contribution in [-0.2, 0) is 6.61 Å². The number of nitrogens with one attached hydrogen (secondary N) is 1. The molecule has 0 radical (unpaired) electrons. The summed E-state index contributed by atoms with van der Waals surface area (Å²) in [5, 5.41) is 4.30. The summed E-state index contributed by atoms with van der Waals surface area (Å²) in [6.45, 7) is 2.74. The van der Waals surface area contributed by atoms with E-state index >= 15 is 0 Å². The maximum absolute atomic E-state index is 13.1. The number of methoxy groups -OCH3 is 2. The van der Waals surface area contributed by atoms with Crippen molar-refractivity contribution in [2.75, 3.05) is 20.8 Å². The molecule has 0 spiro atoms. The number of halogens is 2. The molecule has 0 heterocycles. The Labute approximate surface area is 208 Å². The molecular weight excluding hydrogens is 475 g/mol. The van der Waals surface area contributed by atoms with Crippen molar-refractivity contribution in [3.8, 4) is 23.0 Å². The molecule has 0 fully saturated rings. The first-order valence-corrected chi connectivity index (χ1v) is 11.2. The summed E-state index contributed by atoms with van der Waals surface area (Å²) in [6.07, 6.45) is 2.29. The van der Waals surface area contributed by atoms with Crippen LogP contribution in [0.15, 0.2) is 59.7 Å². The quantitative estimate of drug-likeness (QED) is 0.273. The van der Waals surface area contributed by atoms with Gasteiger partial charge in [0, 0.05) is 5.56 Å². The molecule has 0 aliphatic heterocycles. The van der Waals surface area contributed by atoms with Crippen molar-refractivity contribution in [3.05, 3.63) is 82.1 Å². The summed E-state index contributed by atoms with van der Waals surface area (Å²) < 4.78 is 35.2. The summed E-state index contributed by atoms with van der Waals surface area (Å²) in [5.41, 5.74) is 4.20. The lowest BCUT2D eigenvalue weighted by Gasteiger charge is -2.13. The van der Waals surface area contributed by atoms with Crippen LogP contribution < -0.4 is 24.4 Å². The molecule has 0 aromatic heterocycles. The van der Waals surface area contributed by atoms with Crippen LogP contribution in [0, 0.1) is 5.82 Å². The van der Waals surface area contributed by atoms with Crippen LogP contribution in [-0.4, -0.2) is 32.9 Å². The van der Waals surface area contributed by atoms with Gasteiger partial charge in [0.2, 0.25) is 0 Å². The molecule has 0 aliphatic carbocycles. The second kappa shape index (κ2) is 12.6. The van der Waals surface area contributed by atoms with Gasteiger partial charge >= 0.3 is 0 Å². The molecule has 3 aromatic carbocycles. The monoisotopic (exact) mass is 500 g/mol. The number of hydrogen-bond acceptors (Lipinski definition) is 6. The van der Waals surface area contributed by atoms with Crippen LogP contribution in [0.5, 0.6) is 23.0 Å². The minimum Gasteiger partial charge on any atom is -0.493 e. The van der Waals surface area contributed by atoms with Gasteiger partial charge in [0.15, 0.2) is 23.0 Å². The van der Waals surface area contributed by atoms with Crippen molar-refractivity contribution in [3.63, 3.8) is 0 Å². The largest absolute Gasteiger partial charge is 0.493 e. The van der Waals surface area contributed by atoms with Gasteiger partial charge in [0.25, 0.3) is 5.91 Å². The number of nitrogens with zero attached hydrogens (tertiary/aromatic N) is 1. The Morgan fingerprint density at radius 2 is 1.74 bits per heavy atom. The molecule has 0 unspecified atom stereocenters. The number of hydrogen-bond donors (Lipinski definition) is 1. The van der Waals surface area contributed by atoms with Crippen LogP contribution in [0.4, 0.5) is 4.39 Å². The lowest BCUT2D eigenvalue weighted by atomic mass is 10.2. The van der Waals surface area contributed by atoms with Crippen molar-refractivity contribution >= 4 is 23.7 Å². The molecule has 3 rings (SSSR count). The molecule has 7 nitrogen and oxygen atoms in total. The predicted molar refractivity (Wildman–Crippen MR) is 133 cm³/mol. The molecule has 0 saturated carbocycles. The van der Waals surface area contributed by atoms with Crippen LogP contribution >= 0.6 is 11.6 Å². The van der Waals surface area contributed by atoms with Crippen molar-refractivity contribution in [2.24, 2.45) is 5.10 Å². The molecule has 9 heteroatoms. The third-order valence-corrected chi connectivity index (χ3v) is 5.10. The molecule has 0 atom stereocenters. The number of ether oxygens (including phenoxy) is 4. The zero-order chi connectivity index (χ0) is 25.2. The van der Waals surface area contributed by atoms with E-state index in [1.54, 1.807) is 42.5 Å². The van der Waals surface area contributed by atoms with E-state index < -0.39 is 5.91 Å². The van der Waals surface area contributed by atoms with Gasteiger partial charge in [-0.3, -0.25) is 4.79 Å². The van der Waals surface area contributed by atoms with E-state index in [1.165, 1.54) is 32.6 Å². The average Bonchev–Trinajstić information content (AvgIpc) is 2.87. The fourth-order valence-electron chi connectivity index (χ4n) is 3.06. The Morgan fingerprint density at radius 1 is 1.00 bits per heavy atom. The molecule has 35 heavy (non-hydrogen) atoms. The van der Waals surface area contributed by atoms with E-state index in [9.17, 15) is 9.18 Å². The molecule has 0 bridgehead atoms. The highest BCUT2D eigenvalue weighted by atomic mass is 35.5. The van der Waals surface area contributed by atoms with Crippen LogP contribution in [0.2, 0.25) is 5.02 Å². The van der Waals surface area contributed by atoms with E-state index in [0.717, 1.165) is 12.0 Å². The SMILES string of the molecule is CCCOc1ccc(C(=O)N/N=C/c2cc(Cl)c(OCc3ccc(F)cc3)c(OC)c2)cc1OC. The zero-order valence-corrected chi connectivity index (χ0v) is 20.4. The molecule has 1 amide bonds. The van der Waals surface area contributed by atoms with Gasteiger partial charge in [-0.05, 0) is 60.0 Å². The molecule has 184 valence electrons. The second-order valence-electron chi connectivity index (χ2n) is 7.36. The number of carbonyl (C=O) groups excluding carboxylic acids is 1. The fraction of sp³-hybridized carbons (Fsp3) is 0.231. The van der Waals surface area contributed by atoms with Gasteiger partial charge in [-0.15, -0.1) is 0 Å². The number of rotatable bonds is 11. The maximum atomic E-state index is 13.1. The standard InChI is InChI=1S/C26H26ClFN2O5/c1-4-11-34-22-10-7-19(14-23(22)32-2)26(31)30-29-15-18-12-21(27)25(24(13-18)33-3)35-16-17-5-8-20(28)9-6-17/h5-10,12-15H,4,11,16H2,1-3H3,(H,30,31)/b29-15+. The van der Waals surface area contributed by atoms with E-state index in [0.29, 0.717) is 45.8 Å².